The highest BCUT2D eigenvalue weighted by Crippen LogP contribution is 2.23. The van der Waals surface area contributed by atoms with Gasteiger partial charge in [-0.1, -0.05) is 17.7 Å². The molecule has 0 aliphatic heterocycles. The second kappa shape index (κ2) is 8.07. The minimum atomic E-state index is -3.60. The topological polar surface area (TPSA) is 75.7 Å². The van der Waals surface area contributed by atoms with Gasteiger partial charge in [-0.05, 0) is 55.8 Å². The number of hydrogen-bond acceptors (Lipinski definition) is 4. The van der Waals surface area contributed by atoms with Crippen molar-refractivity contribution in [3.63, 3.8) is 0 Å². The summed E-state index contributed by atoms with van der Waals surface area (Å²) < 4.78 is 31.4. The molecule has 0 aliphatic carbocycles. The van der Waals surface area contributed by atoms with Gasteiger partial charge in [-0.15, -0.1) is 0 Å². The largest absolute Gasteiger partial charge is 0.481 e. The van der Waals surface area contributed by atoms with Gasteiger partial charge in [-0.3, -0.25) is 4.79 Å². The van der Waals surface area contributed by atoms with Crippen molar-refractivity contribution in [1.82, 2.24) is 4.31 Å². The predicted molar refractivity (Wildman–Crippen MR) is 102 cm³/mol. The maximum Gasteiger partial charge on any atom is 0.265 e. The van der Waals surface area contributed by atoms with Gasteiger partial charge in [-0.2, -0.15) is 0 Å². The SMILES string of the molecule is Cc1ccc(NC(=O)C(C)Oc2ccc(Cl)cc2)cc1S(=O)(=O)N(C)C. The van der Waals surface area contributed by atoms with E-state index in [0.29, 0.717) is 22.0 Å². The van der Waals surface area contributed by atoms with E-state index in [9.17, 15) is 13.2 Å². The third-order valence-corrected chi connectivity index (χ3v) is 5.92. The van der Waals surface area contributed by atoms with E-state index in [2.05, 4.69) is 5.32 Å². The number of rotatable bonds is 6. The molecule has 1 atom stereocenters. The van der Waals surface area contributed by atoms with E-state index in [0.717, 1.165) is 4.31 Å². The molecule has 0 saturated carbocycles. The average molecular weight is 397 g/mol. The molecule has 8 heteroatoms. The Balaban J connectivity index is 2.15. The quantitative estimate of drug-likeness (QED) is 0.812. The summed E-state index contributed by atoms with van der Waals surface area (Å²) in [6.45, 7) is 3.31. The fourth-order valence-electron chi connectivity index (χ4n) is 2.17. The maximum absolute atomic E-state index is 12.4. The fraction of sp³-hybridized carbons (Fsp3) is 0.278. The Morgan fingerprint density at radius 2 is 1.77 bits per heavy atom. The van der Waals surface area contributed by atoms with Gasteiger partial charge >= 0.3 is 0 Å². The van der Waals surface area contributed by atoms with Gasteiger partial charge in [-0.25, -0.2) is 12.7 Å². The molecule has 0 fully saturated rings. The first-order chi connectivity index (χ1) is 12.1. The van der Waals surface area contributed by atoms with E-state index in [4.69, 9.17) is 16.3 Å². The van der Waals surface area contributed by atoms with Crippen LogP contribution in [0, 0.1) is 6.92 Å². The van der Waals surface area contributed by atoms with E-state index < -0.39 is 22.0 Å². The Morgan fingerprint density at radius 1 is 1.15 bits per heavy atom. The number of halogens is 1. The molecule has 0 aromatic heterocycles. The number of anilines is 1. The van der Waals surface area contributed by atoms with Crippen LogP contribution in [0.15, 0.2) is 47.4 Å². The van der Waals surface area contributed by atoms with Crippen molar-refractivity contribution in [1.29, 1.82) is 0 Å². The van der Waals surface area contributed by atoms with Crippen LogP contribution in [-0.4, -0.2) is 38.8 Å². The molecule has 6 nitrogen and oxygen atoms in total. The lowest BCUT2D eigenvalue weighted by atomic mass is 10.2. The van der Waals surface area contributed by atoms with Crippen molar-refractivity contribution < 1.29 is 17.9 Å². The number of sulfonamides is 1. The number of benzene rings is 2. The fourth-order valence-corrected chi connectivity index (χ4v) is 3.44. The molecular weight excluding hydrogens is 376 g/mol. The van der Waals surface area contributed by atoms with E-state index in [1.807, 2.05) is 0 Å². The van der Waals surface area contributed by atoms with Crippen molar-refractivity contribution >= 4 is 33.2 Å². The Morgan fingerprint density at radius 3 is 2.35 bits per heavy atom. The van der Waals surface area contributed by atoms with Gasteiger partial charge in [0.15, 0.2) is 6.10 Å². The molecule has 0 aliphatic rings. The summed E-state index contributed by atoms with van der Waals surface area (Å²) in [5.74, 6) is 0.119. The first kappa shape index (κ1) is 20.2. The first-order valence-corrected chi connectivity index (χ1v) is 9.69. The second-order valence-corrected chi connectivity index (χ2v) is 8.53. The number of carbonyl (C=O) groups is 1. The lowest BCUT2D eigenvalue weighted by Gasteiger charge is -2.17. The number of hydrogen-bond donors (Lipinski definition) is 1. The third kappa shape index (κ3) is 4.75. The van der Waals surface area contributed by atoms with Crippen LogP contribution in [0.4, 0.5) is 5.69 Å². The highest BCUT2D eigenvalue weighted by atomic mass is 35.5. The lowest BCUT2D eigenvalue weighted by molar-refractivity contribution is -0.122. The van der Waals surface area contributed by atoms with Crippen LogP contribution in [0.2, 0.25) is 5.02 Å². The van der Waals surface area contributed by atoms with Crippen LogP contribution in [0.3, 0.4) is 0 Å². The summed E-state index contributed by atoms with van der Waals surface area (Å²) in [4.78, 5) is 12.5. The Bertz CT molecular complexity index is 896. The number of aryl methyl sites for hydroxylation is 1. The Kier molecular flexibility index (Phi) is 6.28. The van der Waals surface area contributed by atoms with Crippen molar-refractivity contribution in [2.45, 2.75) is 24.8 Å². The normalized spacial score (nSPS) is 12.7. The molecule has 2 rings (SSSR count). The number of amides is 1. The molecule has 0 bridgehead atoms. The molecule has 26 heavy (non-hydrogen) atoms. The van der Waals surface area contributed by atoms with Crippen molar-refractivity contribution in [2.24, 2.45) is 0 Å². The first-order valence-electron chi connectivity index (χ1n) is 7.87. The molecule has 0 saturated heterocycles. The number of ether oxygens (including phenoxy) is 1. The van der Waals surface area contributed by atoms with Crippen LogP contribution in [0.25, 0.3) is 0 Å². The summed E-state index contributed by atoms with van der Waals surface area (Å²) in [6.07, 6.45) is -0.772. The number of carbonyl (C=O) groups excluding carboxylic acids is 1. The zero-order valence-corrected chi connectivity index (χ0v) is 16.6. The van der Waals surface area contributed by atoms with Crippen LogP contribution >= 0.6 is 11.6 Å². The van der Waals surface area contributed by atoms with Crippen LogP contribution in [0.5, 0.6) is 5.75 Å². The lowest BCUT2D eigenvalue weighted by Crippen LogP contribution is -2.30. The van der Waals surface area contributed by atoms with E-state index >= 15 is 0 Å². The second-order valence-electron chi connectivity index (χ2n) is 5.97. The summed E-state index contributed by atoms with van der Waals surface area (Å²) in [6, 6.07) is 11.4. The number of nitrogens with one attached hydrogen (secondary N) is 1. The van der Waals surface area contributed by atoms with Crippen molar-refractivity contribution in [2.75, 3.05) is 19.4 Å². The average Bonchev–Trinajstić information content (AvgIpc) is 2.58. The van der Waals surface area contributed by atoms with Crippen LogP contribution in [0.1, 0.15) is 12.5 Å². The zero-order chi connectivity index (χ0) is 19.5. The predicted octanol–water partition coefficient (Wildman–Crippen LogP) is 3.30. The maximum atomic E-state index is 12.4. The van der Waals surface area contributed by atoms with Crippen LogP contribution < -0.4 is 10.1 Å². The van der Waals surface area contributed by atoms with Gasteiger partial charge in [0, 0.05) is 24.8 Å². The highest BCUT2D eigenvalue weighted by Gasteiger charge is 2.21. The minimum Gasteiger partial charge on any atom is -0.481 e. The van der Waals surface area contributed by atoms with Gasteiger partial charge < -0.3 is 10.1 Å². The van der Waals surface area contributed by atoms with Gasteiger partial charge in [0.05, 0.1) is 4.90 Å². The highest BCUT2D eigenvalue weighted by molar-refractivity contribution is 7.89. The van der Waals surface area contributed by atoms with Crippen molar-refractivity contribution in [3.8, 4) is 5.75 Å². The van der Waals surface area contributed by atoms with E-state index in [1.165, 1.54) is 20.2 Å². The summed E-state index contributed by atoms with van der Waals surface area (Å²) in [7, 11) is -0.680. The monoisotopic (exact) mass is 396 g/mol. The smallest absolute Gasteiger partial charge is 0.265 e. The number of nitrogens with zero attached hydrogens (tertiary/aromatic N) is 1. The van der Waals surface area contributed by atoms with Crippen LogP contribution in [-0.2, 0) is 14.8 Å². The molecule has 2 aromatic rings. The molecule has 0 heterocycles. The molecule has 0 spiro atoms. The molecule has 1 amide bonds. The molecule has 2 aromatic carbocycles. The zero-order valence-electron chi connectivity index (χ0n) is 15.0. The molecule has 1 N–H and O–H groups in total. The summed E-state index contributed by atoms with van der Waals surface area (Å²) >= 11 is 5.82. The van der Waals surface area contributed by atoms with Gasteiger partial charge in [0.2, 0.25) is 10.0 Å². The van der Waals surface area contributed by atoms with Gasteiger partial charge in [0.25, 0.3) is 5.91 Å². The molecular formula is C18H21ClN2O4S. The van der Waals surface area contributed by atoms with E-state index in [1.54, 1.807) is 50.2 Å². The van der Waals surface area contributed by atoms with E-state index in [-0.39, 0.29) is 4.90 Å². The summed E-state index contributed by atoms with van der Waals surface area (Å²) in [5, 5.41) is 3.25. The third-order valence-electron chi connectivity index (χ3n) is 3.71. The standard InChI is InChI=1S/C18H21ClN2O4S/c1-12-5-8-15(11-17(12)26(23,24)21(3)4)20-18(22)13(2)25-16-9-6-14(19)7-10-16/h5-11,13H,1-4H3,(H,20,22). The Labute approximate surface area is 158 Å². The molecule has 0 radical (unpaired) electrons. The Hall–Kier alpha value is -2.09. The van der Waals surface area contributed by atoms with Crippen molar-refractivity contribution in [3.05, 3.63) is 53.1 Å². The van der Waals surface area contributed by atoms with Gasteiger partial charge in [0.1, 0.15) is 5.75 Å². The minimum absolute atomic E-state index is 0.145. The summed E-state index contributed by atoms with van der Waals surface area (Å²) in [5.41, 5.74) is 0.981. The molecule has 1 unspecified atom stereocenters. The molecule has 140 valence electrons.